The van der Waals surface area contributed by atoms with Crippen LogP contribution < -0.4 is 17.0 Å². The Kier molecular flexibility index (Phi) is 3.56. The predicted octanol–water partition coefficient (Wildman–Crippen LogP) is -1.20. The summed E-state index contributed by atoms with van der Waals surface area (Å²) < 4.78 is 1.83. The Hall–Kier alpha value is -1.96. The number of aromatic nitrogens is 2. The van der Waals surface area contributed by atoms with Crippen molar-refractivity contribution >= 4 is 5.69 Å². The fourth-order valence-corrected chi connectivity index (χ4v) is 1.28. The highest BCUT2D eigenvalue weighted by Gasteiger charge is 2.17. The molecule has 1 aromatic rings. The Morgan fingerprint density at radius 2 is 2.12 bits per heavy atom. The van der Waals surface area contributed by atoms with E-state index in [1.165, 1.54) is 7.05 Å². The summed E-state index contributed by atoms with van der Waals surface area (Å²) in [4.78, 5) is 32.8. The molecule has 0 aliphatic carbocycles. The molecule has 0 amide bonds. The van der Waals surface area contributed by atoms with Gasteiger partial charge in [-0.3, -0.25) is 24.0 Å². The molecule has 0 spiro atoms. The van der Waals surface area contributed by atoms with Crippen LogP contribution >= 0.6 is 0 Å². The molecular formula is C8H12N4O4. The molecule has 0 atom stereocenters. The lowest BCUT2D eigenvalue weighted by atomic mass is 10.4. The molecule has 1 rings (SSSR count). The molecule has 0 bridgehead atoms. The molecule has 0 saturated heterocycles. The highest BCUT2D eigenvalue weighted by molar-refractivity contribution is 5.21. The minimum absolute atomic E-state index is 0.0870. The predicted molar refractivity (Wildman–Crippen MR) is 56.3 cm³/mol. The summed E-state index contributed by atoms with van der Waals surface area (Å²) >= 11 is 0. The molecule has 0 fully saturated rings. The molecule has 0 aliphatic heterocycles. The molecule has 8 heteroatoms. The first kappa shape index (κ1) is 12.1. The van der Waals surface area contributed by atoms with Crippen molar-refractivity contribution in [1.29, 1.82) is 0 Å². The van der Waals surface area contributed by atoms with Gasteiger partial charge in [-0.15, -0.1) is 0 Å². The highest BCUT2D eigenvalue weighted by Crippen LogP contribution is 1.99. The maximum Gasteiger partial charge on any atom is 0.350 e. The Morgan fingerprint density at radius 1 is 1.50 bits per heavy atom. The number of rotatable bonds is 4. The van der Waals surface area contributed by atoms with Crippen LogP contribution in [-0.4, -0.2) is 20.6 Å². The summed E-state index contributed by atoms with van der Waals surface area (Å²) in [5.41, 5.74) is 3.18. The van der Waals surface area contributed by atoms with Gasteiger partial charge in [0.05, 0.1) is 11.1 Å². The minimum Gasteiger partial charge on any atom is -0.330 e. The zero-order valence-corrected chi connectivity index (χ0v) is 8.75. The molecule has 2 N–H and O–H groups in total. The first-order valence-corrected chi connectivity index (χ1v) is 4.64. The van der Waals surface area contributed by atoms with Gasteiger partial charge in [-0.1, -0.05) is 0 Å². The van der Waals surface area contributed by atoms with Gasteiger partial charge in [0.25, 0.3) is 0 Å². The van der Waals surface area contributed by atoms with E-state index in [4.69, 9.17) is 5.73 Å². The second-order valence-corrected chi connectivity index (χ2v) is 3.26. The molecular weight excluding hydrogens is 216 g/mol. The minimum atomic E-state index is -0.887. The zero-order valence-electron chi connectivity index (χ0n) is 8.75. The van der Waals surface area contributed by atoms with Crippen LogP contribution in [0, 0.1) is 10.1 Å². The van der Waals surface area contributed by atoms with E-state index in [0.29, 0.717) is 13.0 Å². The summed E-state index contributed by atoms with van der Waals surface area (Å²) in [6.07, 6.45) is 1.33. The summed E-state index contributed by atoms with van der Waals surface area (Å²) in [6, 6.07) is 0. The molecule has 0 saturated carbocycles. The number of aryl methyl sites for hydroxylation is 1. The summed E-state index contributed by atoms with van der Waals surface area (Å²) in [7, 11) is 1.35. The van der Waals surface area contributed by atoms with Gasteiger partial charge in [-0.2, -0.15) is 0 Å². The maximum atomic E-state index is 11.6. The third-order valence-electron chi connectivity index (χ3n) is 2.10. The van der Waals surface area contributed by atoms with Gasteiger partial charge in [0.15, 0.2) is 0 Å². The van der Waals surface area contributed by atoms with Crippen LogP contribution in [0.1, 0.15) is 6.42 Å². The van der Waals surface area contributed by atoms with Crippen molar-refractivity contribution in [2.45, 2.75) is 13.0 Å². The quantitative estimate of drug-likeness (QED) is 0.514. The van der Waals surface area contributed by atoms with Crippen molar-refractivity contribution in [3.05, 3.63) is 37.1 Å². The number of hydrogen-bond acceptors (Lipinski definition) is 5. The third-order valence-corrected chi connectivity index (χ3v) is 2.10. The van der Waals surface area contributed by atoms with Crippen LogP contribution in [0.5, 0.6) is 0 Å². The molecule has 1 heterocycles. The molecule has 0 aromatic carbocycles. The van der Waals surface area contributed by atoms with Crippen LogP contribution in [0.3, 0.4) is 0 Å². The van der Waals surface area contributed by atoms with E-state index < -0.39 is 21.9 Å². The normalized spacial score (nSPS) is 10.4. The zero-order chi connectivity index (χ0) is 12.3. The van der Waals surface area contributed by atoms with E-state index in [1.54, 1.807) is 0 Å². The molecule has 88 valence electrons. The maximum absolute atomic E-state index is 11.6. The van der Waals surface area contributed by atoms with Crippen LogP contribution in [0.4, 0.5) is 5.69 Å². The SMILES string of the molecule is Cn1cc([N+](=O)[O-])c(=O)n(CCCN)c1=O. The van der Waals surface area contributed by atoms with Crippen molar-refractivity contribution in [3.8, 4) is 0 Å². The van der Waals surface area contributed by atoms with Gasteiger partial charge in [-0.05, 0) is 13.0 Å². The fourth-order valence-electron chi connectivity index (χ4n) is 1.28. The van der Waals surface area contributed by atoms with E-state index in [-0.39, 0.29) is 6.54 Å². The van der Waals surface area contributed by atoms with Gasteiger partial charge in [0.2, 0.25) is 0 Å². The first-order valence-electron chi connectivity index (χ1n) is 4.64. The molecule has 16 heavy (non-hydrogen) atoms. The molecule has 8 nitrogen and oxygen atoms in total. The van der Waals surface area contributed by atoms with Crippen LogP contribution in [0.25, 0.3) is 0 Å². The molecule has 1 aromatic heterocycles. The van der Waals surface area contributed by atoms with Gasteiger partial charge in [0, 0.05) is 13.6 Å². The van der Waals surface area contributed by atoms with Crippen molar-refractivity contribution in [1.82, 2.24) is 9.13 Å². The number of hydrogen-bond donors (Lipinski definition) is 1. The summed E-state index contributed by atoms with van der Waals surface area (Å²) in [6.45, 7) is 0.391. The van der Waals surface area contributed by atoms with Crippen LogP contribution in [0.15, 0.2) is 15.8 Å². The summed E-state index contributed by atoms with van der Waals surface area (Å²) in [5, 5.41) is 10.6. The lowest BCUT2D eigenvalue weighted by molar-refractivity contribution is -0.387. The Balaban J connectivity index is 3.40. The van der Waals surface area contributed by atoms with Gasteiger partial charge >= 0.3 is 16.9 Å². The lowest BCUT2D eigenvalue weighted by Crippen LogP contribution is -2.39. The van der Waals surface area contributed by atoms with Crippen molar-refractivity contribution in [2.75, 3.05) is 6.54 Å². The standard InChI is InChI=1S/C8H12N4O4/c1-10-5-6(12(15)16)7(13)11(8(10)14)4-2-3-9/h5H,2-4,9H2,1H3. The fraction of sp³-hybridized carbons (Fsp3) is 0.500. The van der Waals surface area contributed by atoms with Crippen LogP contribution in [-0.2, 0) is 13.6 Å². The number of nitrogens with two attached hydrogens (primary N) is 1. The monoisotopic (exact) mass is 228 g/mol. The second-order valence-electron chi connectivity index (χ2n) is 3.26. The lowest BCUT2D eigenvalue weighted by Gasteiger charge is -2.05. The first-order chi connectivity index (χ1) is 7.49. The second kappa shape index (κ2) is 4.71. The Morgan fingerprint density at radius 3 is 2.62 bits per heavy atom. The molecule has 0 unspecified atom stereocenters. The van der Waals surface area contributed by atoms with Gasteiger partial charge in [0.1, 0.15) is 0 Å². The van der Waals surface area contributed by atoms with Crippen molar-refractivity contribution < 1.29 is 4.92 Å². The van der Waals surface area contributed by atoms with E-state index in [9.17, 15) is 19.7 Å². The Bertz CT molecular complexity index is 516. The highest BCUT2D eigenvalue weighted by atomic mass is 16.6. The van der Waals surface area contributed by atoms with Crippen molar-refractivity contribution in [2.24, 2.45) is 12.8 Å². The van der Waals surface area contributed by atoms with Gasteiger partial charge < -0.3 is 5.73 Å². The number of nitrogens with zero attached hydrogens (tertiary/aromatic N) is 3. The average Bonchev–Trinajstić information content (AvgIpc) is 2.23. The van der Waals surface area contributed by atoms with Crippen LogP contribution in [0.2, 0.25) is 0 Å². The molecule has 0 radical (unpaired) electrons. The molecule has 0 aliphatic rings. The average molecular weight is 228 g/mol. The van der Waals surface area contributed by atoms with E-state index in [2.05, 4.69) is 0 Å². The third kappa shape index (κ3) is 2.16. The van der Waals surface area contributed by atoms with Gasteiger partial charge in [-0.25, -0.2) is 4.79 Å². The Labute approximate surface area is 90.1 Å². The van der Waals surface area contributed by atoms with E-state index in [0.717, 1.165) is 15.3 Å². The topological polar surface area (TPSA) is 113 Å². The largest absolute Gasteiger partial charge is 0.350 e. The number of nitro groups is 1. The summed E-state index contributed by atoms with van der Waals surface area (Å²) in [5.74, 6) is 0. The van der Waals surface area contributed by atoms with E-state index >= 15 is 0 Å². The van der Waals surface area contributed by atoms with E-state index in [1.807, 2.05) is 0 Å². The smallest absolute Gasteiger partial charge is 0.330 e. The van der Waals surface area contributed by atoms with Crippen molar-refractivity contribution in [3.63, 3.8) is 0 Å².